The van der Waals surface area contributed by atoms with Crippen molar-refractivity contribution < 1.29 is 14.3 Å². The van der Waals surface area contributed by atoms with Crippen LogP contribution in [0.15, 0.2) is 0 Å². The Morgan fingerprint density at radius 1 is 0.500 bits per heavy atom. The number of ether oxygens (including phenoxy) is 2. The molecule has 0 aliphatic heterocycles. The van der Waals surface area contributed by atoms with Gasteiger partial charge in [0.2, 0.25) is 0 Å². The highest BCUT2D eigenvalue weighted by Crippen LogP contribution is 2.17. The number of rotatable bonds is 29. The molecule has 0 heterocycles. The summed E-state index contributed by atoms with van der Waals surface area (Å²) < 4.78 is 11.5. The van der Waals surface area contributed by atoms with E-state index in [-0.39, 0.29) is 5.97 Å². The van der Waals surface area contributed by atoms with Crippen LogP contribution in [0.1, 0.15) is 202 Å². The largest absolute Gasteiger partial charge is 0.458 e. The number of esters is 1. The smallest absolute Gasteiger partial charge is 0.335 e. The third-order valence-electron chi connectivity index (χ3n) is 7.56. The van der Waals surface area contributed by atoms with E-state index in [2.05, 4.69) is 13.8 Å². The van der Waals surface area contributed by atoms with Gasteiger partial charge in [-0.25, -0.2) is 4.79 Å². The lowest BCUT2D eigenvalue weighted by atomic mass is 10.0. The third kappa shape index (κ3) is 28.4. The minimum Gasteiger partial charge on any atom is -0.458 e. The van der Waals surface area contributed by atoms with Crippen LogP contribution in [0.25, 0.3) is 0 Å². The van der Waals surface area contributed by atoms with E-state index in [1.807, 2.05) is 20.8 Å². The molecule has 0 aromatic rings. The molecule has 0 aromatic heterocycles. The van der Waals surface area contributed by atoms with Crippen LogP contribution in [0.4, 0.5) is 0 Å². The first kappa shape index (κ1) is 37.4. The van der Waals surface area contributed by atoms with Crippen LogP contribution in [0, 0.1) is 0 Å². The van der Waals surface area contributed by atoms with Gasteiger partial charge in [-0.15, -0.1) is 0 Å². The zero-order valence-electron chi connectivity index (χ0n) is 26.9. The second-order valence-corrected chi connectivity index (χ2v) is 12.8. The van der Waals surface area contributed by atoms with Crippen LogP contribution in [0.5, 0.6) is 0 Å². The van der Waals surface area contributed by atoms with Crippen LogP contribution >= 0.6 is 0 Å². The topological polar surface area (TPSA) is 35.5 Å². The molecule has 0 N–H and O–H groups in total. The van der Waals surface area contributed by atoms with Crippen LogP contribution < -0.4 is 0 Å². The van der Waals surface area contributed by atoms with Crippen LogP contribution in [0.3, 0.4) is 0 Å². The first-order valence-corrected chi connectivity index (χ1v) is 17.2. The van der Waals surface area contributed by atoms with Gasteiger partial charge in [-0.1, -0.05) is 168 Å². The molecule has 0 radical (unpaired) electrons. The second kappa shape index (κ2) is 28.0. The quantitative estimate of drug-likeness (QED) is 0.0701. The summed E-state index contributed by atoms with van der Waals surface area (Å²) in [6.45, 7) is 10.9. The molecule has 0 aromatic carbocycles. The van der Waals surface area contributed by atoms with Crippen molar-refractivity contribution in [2.45, 2.75) is 213 Å². The average molecular weight is 539 g/mol. The average Bonchev–Trinajstić information content (AvgIpc) is 2.87. The maximum atomic E-state index is 12.4. The Bertz CT molecular complexity index is 482. The van der Waals surface area contributed by atoms with Crippen molar-refractivity contribution in [1.29, 1.82) is 0 Å². The molecular weight excluding hydrogens is 468 g/mol. The van der Waals surface area contributed by atoms with E-state index in [0.29, 0.717) is 6.61 Å². The molecular formula is C35H70O3. The molecule has 0 bridgehead atoms. The van der Waals surface area contributed by atoms with E-state index < -0.39 is 11.7 Å². The van der Waals surface area contributed by atoms with E-state index in [1.54, 1.807) is 0 Å². The Morgan fingerprint density at radius 2 is 0.816 bits per heavy atom. The van der Waals surface area contributed by atoms with Gasteiger partial charge < -0.3 is 9.47 Å². The molecule has 0 saturated heterocycles. The van der Waals surface area contributed by atoms with E-state index >= 15 is 0 Å². The van der Waals surface area contributed by atoms with Crippen molar-refractivity contribution in [3.63, 3.8) is 0 Å². The standard InChI is InChI=1S/C35H70O3/c1-6-8-10-11-12-13-14-15-16-17-18-19-20-21-22-23-24-25-26-27-28-29-30-32-37-33(31-9-7-2)34(36)38-35(3,4)5/h33H,6-32H2,1-5H3. The Kier molecular flexibility index (Phi) is 27.6. The number of hydrogen-bond donors (Lipinski definition) is 0. The predicted molar refractivity (Wildman–Crippen MR) is 167 cm³/mol. The van der Waals surface area contributed by atoms with E-state index in [1.165, 1.54) is 141 Å². The lowest BCUT2D eigenvalue weighted by Gasteiger charge is -2.24. The Labute approximate surface area is 240 Å². The summed E-state index contributed by atoms with van der Waals surface area (Å²) in [4.78, 5) is 12.4. The minimum atomic E-state index is -0.447. The van der Waals surface area contributed by atoms with Gasteiger partial charge in [-0.3, -0.25) is 0 Å². The van der Waals surface area contributed by atoms with Crippen molar-refractivity contribution in [3.8, 4) is 0 Å². The van der Waals surface area contributed by atoms with Crippen molar-refractivity contribution in [2.75, 3.05) is 6.61 Å². The molecule has 38 heavy (non-hydrogen) atoms. The van der Waals surface area contributed by atoms with Crippen molar-refractivity contribution >= 4 is 5.97 Å². The molecule has 228 valence electrons. The normalized spacial score (nSPS) is 12.7. The summed E-state index contributed by atoms with van der Waals surface area (Å²) in [6.07, 6.45) is 34.7. The number of carbonyl (C=O) groups is 1. The SMILES string of the molecule is CCCCCCCCCCCCCCCCCCCCCCCCCOC(CCCC)C(=O)OC(C)(C)C. The van der Waals surface area contributed by atoms with Crippen molar-refractivity contribution in [1.82, 2.24) is 0 Å². The van der Waals surface area contributed by atoms with Gasteiger partial charge in [-0.2, -0.15) is 0 Å². The maximum Gasteiger partial charge on any atom is 0.335 e. The Balaban J connectivity index is 3.37. The summed E-state index contributed by atoms with van der Waals surface area (Å²) in [6, 6.07) is 0. The summed E-state index contributed by atoms with van der Waals surface area (Å²) in [5.41, 5.74) is -0.447. The van der Waals surface area contributed by atoms with Crippen molar-refractivity contribution in [3.05, 3.63) is 0 Å². The Morgan fingerprint density at radius 3 is 1.13 bits per heavy atom. The minimum absolute atomic E-state index is 0.194. The third-order valence-corrected chi connectivity index (χ3v) is 7.56. The second-order valence-electron chi connectivity index (χ2n) is 12.8. The van der Waals surface area contributed by atoms with Gasteiger partial charge in [-0.05, 0) is 33.6 Å². The van der Waals surface area contributed by atoms with Gasteiger partial charge in [0.1, 0.15) is 5.60 Å². The zero-order chi connectivity index (χ0) is 28.2. The highest BCUT2D eigenvalue weighted by molar-refractivity contribution is 5.75. The molecule has 0 aliphatic carbocycles. The Hall–Kier alpha value is -0.570. The zero-order valence-corrected chi connectivity index (χ0v) is 26.9. The molecule has 0 saturated carbocycles. The van der Waals surface area contributed by atoms with E-state index in [0.717, 1.165) is 25.7 Å². The first-order valence-electron chi connectivity index (χ1n) is 17.2. The fraction of sp³-hybridized carbons (Fsp3) is 0.971. The maximum absolute atomic E-state index is 12.4. The van der Waals surface area contributed by atoms with Gasteiger partial charge in [0.15, 0.2) is 6.10 Å². The fourth-order valence-corrected chi connectivity index (χ4v) is 5.14. The van der Waals surface area contributed by atoms with E-state index in [9.17, 15) is 4.79 Å². The molecule has 0 fully saturated rings. The van der Waals surface area contributed by atoms with E-state index in [4.69, 9.17) is 9.47 Å². The fourth-order valence-electron chi connectivity index (χ4n) is 5.14. The summed E-state index contributed by atoms with van der Waals surface area (Å²) in [5, 5.41) is 0. The molecule has 1 unspecified atom stereocenters. The van der Waals surface area contributed by atoms with Crippen molar-refractivity contribution in [2.24, 2.45) is 0 Å². The molecule has 3 nitrogen and oxygen atoms in total. The number of carbonyl (C=O) groups excluding carboxylic acids is 1. The molecule has 0 rings (SSSR count). The van der Waals surface area contributed by atoms with Crippen LogP contribution in [-0.4, -0.2) is 24.3 Å². The first-order chi connectivity index (χ1) is 18.4. The number of unbranched alkanes of at least 4 members (excludes halogenated alkanes) is 23. The highest BCUT2D eigenvalue weighted by Gasteiger charge is 2.25. The van der Waals surface area contributed by atoms with Crippen LogP contribution in [0.2, 0.25) is 0 Å². The van der Waals surface area contributed by atoms with Gasteiger partial charge in [0, 0.05) is 6.61 Å². The lowest BCUT2D eigenvalue weighted by Crippen LogP contribution is -2.33. The lowest BCUT2D eigenvalue weighted by molar-refractivity contribution is -0.169. The molecule has 0 spiro atoms. The summed E-state index contributed by atoms with van der Waals surface area (Å²) in [7, 11) is 0. The number of hydrogen-bond acceptors (Lipinski definition) is 3. The van der Waals surface area contributed by atoms with Crippen LogP contribution in [-0.2, 0) is 14.3 Å². The van der Waals surface area contributed by atoms with Gasteiger partial charge in [0.05, 0.1) is 0 Å². The molecule has 3 heteroatoms. The van der Waals surface area contributed by atoms with Gasteiger partial charge in [0.25, 0.3) is 0 Å². The predicted octanol–water partition coefficient (Wildman–Crippen LogP) is 11.9. The molecule has 0 amide bonds. The highest BCUT2D eigenvalue weighted by atomic mass is 16.6. The van der Waals surface area contributed by atoms with Gasteiger partial charge >= 0.3 is 5.97 Å². The summed E-state index contributed by atoms with van der Waals surface area (Å²) >= 11 is 0. The monoisotopic (exact) mass is 539 g/mol. The molecule has 1 atom stereocenters. The molecule has 0 aliphatic rings. The summed E-state index contributed by atoms with van der Waals surface area (Å²) in [5.74, 6) is -0.194.